The van der Waals surface area contributed by atoms with Gasteiger partial charge >= 0.3 is 0 Å². The largest absolute Gasteiger partial charge is 0.506 e. The molecule has 4 nitrogen and oxygen atoms in total. The molecule has 4 N–H and O–H groups in total. The molecule has 0 heterocycles. The highest BCUT2D eigenvalue weighted by molar-refractivity contribution is 5.60. The van der Waals surface area contributed by atoms with Crippen molar-refractivity contribution >= 4 is 0 Å². The molecule has 10 heavy (non-hydrogen) atoms. The Labute approximate surface area is 56.4 Å². The average Bonchev–Trinajstić information content (AvgIpc) is 1.83. The topological polar surface area (TPSA) is 80.9 Å². The fraction of sp³-hybridized carbons (Fsp3) is 0.333. The van der Waals surface area contributed by atoms with Gasteiger partial charge in [0, 0.05) is 5.57 Å². The van der Waals surface area contributed by atoms with Crippen LogP contribution in [0.5, 0.6) is 0 Å². The molecule has 2 aliphatic carbocycles. The van der Waals surface area contributed by atoms with Gasteiger partial charge in [0.25, 0.3) is 5.79 Å². The highest BCUT2D eigenvalue weighted by atomic mass is 16.6. The molecule has 4 heteroatoms. The predicted molar refractivity (Wildman–Crippen MR) is 30.9 cm³/mol. The molecule has 0 aromatic heterocycles. The molecule has 0 radical (unpaired) electrons. The lowest BCUT2D eigenvalue weighted by Gasteiger charge is -2.50. The lowest BCUT2D eigenvalue weighted by Crippen LogP contribution is -2.66. The maximum Gasteiger partial charge on any atom is 0.261 e. The average molecular weight is 142 g/mol. The van der Waals surface area contributed by atoms with Gasteiger partial charge in [-0.05, 0) is 6.08 Å². The first-order valence-electron chi connectivity index (χ1n) is 2.81. The Kier molecular flexibility index (Phi) is 0.673. The van der Waals surface area contributed by atoms with Crippen LogP contribution in [0.3, 0.4) is 0 Å². The van der Waals surface area contributed by atoms with E-state index in [1.807, 2.05) is 0 Å². The quantitative estimate of drug-likeness (QED) is 0.320. The fourth-order valence-corrected chi connectivity index (χ4v) is 1.19. The van der Waals surface area contributed by atoms with Crippen LogP contribution in [0.2, 0.25) is 0 Å². The van der Waals surface area contributed by atoms with Crippen LogP contribution in [-0.4, -0.2) is 31.8 Å². The molecule has 0 bridgehead atoms. The third kappa shape index (κ3) is 0.299. The molecule has 0 aromatic carbocycles. The van der Waals surface area contributed by atoms with E-state index in [-0.39, 0.29) is 5.57 Å². The Morgan fingerprint density at radius 2 is 1.80 bits per heavy atom. The summed E-state index contributed by atoms with van der Waals surface area (Å²) in [6.07, 6.45) is 2.65. The van der Waals surface area contributed by atoms with Crippen molar-refractivity contribution in [1.82, 2.24) is 0 Å². The van der Waals surface area contributed by atoms with Crippen molar-refractivity contribution in [3.63, 3.8) is 0 Å². The van der Waals surface area contributed by atoms with E-state index in [1.165, 1.54) is 12.2 Å². The van der Waals surface area contributed by atoms with Gasteiger partial charge in [-0.2, -0.15) is 0 Å². The highest BCUT2D eigenvalue weighted by Gasteiger charge is 2.66. The van der Waals surface area contributed by atoms with Crippen LogP contribution >= 0.6 is 0 Å². The van der Waals surface area contributed by atoms with Crippen molar-refractivity contribution in [3.8, 4) is 0 Å². The minimum absolute atomic E-state index is 0.192. The highest BCUT2D eigenvalue weighted by Crippen LogP contribution is 2.51. The summed E-state index contributed by atoms with van der Waals surface area (Å²) in [5.41, 5.74) is -1.52. The lowest BCUT2D eigenvalue weighted by atomic mass is 9.65. The SMILES string of the molecule is OC1=C2C=CC2(O)C1(O)O. The summed E-state index contributed by atoms with van der Waals surface area (Å²) < 4.78 is 0. The van der Waals surface area contributed by atoms with Crippen LogP contribution in [0.1, 0.15) is 0 Å². The second kappa shape index (κ2) is 1.14. The second-order valence-electron chi connectivity index (χ2n) is 2.53. The summed E-state index contributed by atoms with van der Waals surface area (Å²) in [6.45, 7) is 0. The molecule has 2 aliphatic rings. The zero-order valence-corrected chi connectivity index (χ0v) is 4.94. The first-order chi connectivity index (χ1) is 4.50. The number of aliphatic hydroxyl groups excluding tert-OH is 1. The van der Waals surface area contributed by atoms with E-state index < -0.39 is 17.1 Å². The van der Waals surface area contributed by atoms with Crippen LogP contribution in [0.4, 0.5) is 0 Å². The fourth-order valence-electron chi connectivity index (χ4n) is 1.19. The Hall–Kier alpha value is -0.840. The Balaban J connectivity index is 2.56. The molecule has 0 aromatic rings. The monoisotopic (exact) mass is 142 g/mol. The first-order valence-corrected chi connectivity index (χ1v) is 2.81. The van der Waals surface area contributed by atoms with Gasteiger partial charge in [-0.15, -0.1) is 0 Å². The normalized spacial score (nSPS) is 40.3. The zero-order chi connectivity index (χ0) is 7.57. The van der Waals surface area contributed by atoms with Crippen molar-refractivity contribution in [2.45, 2.75) is 11.4 Å². The van der Waals surface area contributed by atoms with Crippen molar-refractivity contribution in [1.29, 1.82) is 0 Å². The molecule has 2 rings (SSSR count). The maximum absolute atomic E-state index is 9.16. The third-order valence-electron chi connectivity index (χ3n) is 2.02. The van der Waals surface area contributed by atoms with E-state index >= 15 is 0 Å². The summed E-state index contributed by atoms with van der Waals surface area (Å²) >= 11 is 0. The van der Waals surface area contributed by atoms with Gasteiger partial charge in [-0.25, -0.2) is 0 Å². The molecule has 0 spiro atoms. The molecular formula is C6H6O4. The van der Waals surface area contributed by atoms with E-state index in [2.05, 4.69) is 0 Å². The van der Waals surface area contributed by atoms with E-state index in [9.17, 15) is 0 Å². The van der Waals surface area contributed by atoms with Crippen LogP contribution in [0.25, 0.3) is 0 Å². The van der Waals surface area contributed by atoms with Crippen molar-refractivity contribution in [2.75, 3.05) is 0 Å². The first kappa shape index (κ1) is 5.91. The maximum atomic E-state index is 9.16. The minimum Gasteiger partial charge on any atom is -0.506 e. The number of aliphatic hydroxyl groups is 4. The van der Waals surface area contributed by atoms with Crippen molar-refractivity contribution in [2.24, 2.45) is 0 Å². The second-order valence-corrected chi connectivity index (χ2v) is 2.53. The Morgan fingerprint density at radius 1 is 1.20 bits per heavy atom. The molecule has 0 saturated carbocycles. The lowest BCUT2D eigenvalue weighted by molar-refractivity contribution is -0.264. The summed E-state index contributed by atoms with van der Waals surface area (Å²) in [6, 6.07) is 0. The van der Waals surface area contributed by atoms with Gasteiger partial charge in [0.05, 0.1) is 0 Å². The molecular weight excluding hydrogens is 136 g/mol. The Morgan fingerprint density at radius 3 is 1.90 bits per heavy atom. The van der Waals surface area contributed by atoms with Gasteiger partial charge in [0.1, 0.15) is 0 Å². The van der Waals surface area contributed by atoms with Gasteiger partial charge in [-0.1, -0.05) is 6.08 Å². The zero-order valence-electron chi connectivity index (χ0n) is 4.94. The van der Waals surface area contributed by atoms with Crippen LogP contribution in [-0.2, 0) is 0 Å². The van der Waals surface area contributed by atoms with Crippen LogP contribution in [0, 0.1) is 0 Å². The minimum atomic E-state index is -2.46. The van der Waals surface area contributed by atoms with E-state index in [1.54, 1.807) is 0 Å². The number of fused-ring (bicyclic) bond motifs is 1. The molecule has 0 aliphatic heterocycles. The van der Waals surface area contributed by atoms with Crippen LogP contribution < -0.4 is 0 Å². The summed E-state index contributed by atoms with van der Waals surface area (Å²) in [5.74, 6) is -3.02. The molecule has 0 fully saturated rings. The molecule has 54 valence electrons. The van der Waals surface area contributed by atoms with Gasteiger partial charge in [-0.3, -0.25) is 0 Å². The Bertz CT molecular complexity index is 263. The molecule has 1 unspecified atom stereocenters. The van der Waals surface area contributed by atoms with E-state index in [4.69, 9.17) is 20.4 Å². The number of hydrogen-bond donors (Lipinski definition) is 4. The predicted octanol–water partition coefficient (Wildman–Crippen LogP) is -1.21. The smallest absolute Gasteiger partial charge is 0.261 e. The third-order valence-corrected chi connectivity index (χ3v) is 2.02. The van der Waals surface area contributed by atoms with Gasteiger partial charge in [0.2, 0.25) is 0 Å². The molecule has 1 atom stereocenters. The number of hydrogen-bond acceptors (Lipinski definition) is 4. The number of rotatable bonds is 0. The standard InChI is InChI=1S/C6H6O4/c7-4-3-1-2-5(3,8)6(4,9)10/h1-2,7-10H. The van der Waals surface area contributed by atoms with E-state index in [0.29, 0.717) is 0 Å². The molecule has 0 saturated heterocycles. The van der Waals surface area contributed by atoms with E-state index in [0.717, 1.165) is 0 Å². The van der Waals surface area contributed by atoms with Gasteiger partial charge in [0.15, 0.2) is 11.4 Å². The van der Waals surface area contributed by atoms with Crippen molar-refractivity contribution < 1.29 is 20.4 Å². The van der Waals surface area contributed by atoms with Crippen molar-refractivity contribution in [3.05, 3.63) is 23.5 Å². The van der Waals surface area contributed by atoms with Gasteiger partial charge < -0.3 is 20.4 Å². The summed E-state index contributed by atoms with van der Waals surface area (Å²) in [7, 11) is 0. The summed E-state index contributed by atoms with van der Waals surface area (Å²) in [5, 5.41) is 35.7. The summed E-state index contributed by atoms with van der Waals surface area (Å²) in [4.78, 5) is 0. The van der Waals surface area contributed by atoms with Crippen LogP contribution in [0.15, 0.2) is 23.5 Å². The molecule has 0 amide bonds.